The SMILES string of the molecule is NC(=O)C1CCCCO1.c1ccc2ccccc2c1. The molecule has 0 spiro atoms. The van der Waals surface area contributed by atoms with Crippen LogP contribution in [0.1, 0.15) is 19.3 Å². The van der Waals surface area contributed by atoms with Crippen molar-refractivity contribution in [2.45, 2.75) is 25.4 Å². The number of hydrogen-bond acceptors (Lipinski definition) is 2. The Bertz CT molecular complexity index is 468. The predicted octanol–water partition coefficient (Wildman–Crippen LogP) is 2.88. The van der Waals surface area contributed by atoms with Crippen molar-refractivity contribution in [3.05, 3.63) is 48.5 Å². The average molecular weight is 257 g/mol. The monoisotopic (exact) mass is 257 g/mol. The molecule has 3 rings (SSSR count). The Hall–Kier alpha value is -1.87. The van der Waals surface area contributed by atoms with Gasteiger partial charge in [-0.1, -0.05) is 48.5 Å². The molecule has 1 unspecified atom stereocenters. The molecule has 0 radical (unpaired) electrons. The molecule has 3 heteroatoms. The van der Waals surface area contributed by atoms with Crippen LogP contribution in [-0.4, -0.2) is 18.6 Å². The summed E-state index contributed by atoms with van der Waals surface area (Å²) >= 11 is 0. The molecule has 0 bridgehead atoms. The van der Waals surface area contributed by atoms with Gasteiger partial charge in [0.1, 0.15) is 6.10 Å². The summed E-state index contributed by atoms with van der Waals surface area (Å²) in [4.78, 5) is 10.5. The molecule has 1 fully saturated rings. The van der Waals surface area contributed by atoms with Crippen molar-refractivity contribution >= 4 is 16.7 Å². The van der Waals surface area contributed by atoms with E-state index in [1.807, 2.05) is 0 Å². The Morgan fingerprint density at radius 3 is 1.84 bits per heavy atom. The van der Waals surface area contributed by atoms with E-state index in [9.17, 15) is 4.79 Å². The van der Waals surface area contributed by atoms with E-state index in [4.69, 9.17) is 10.5 Å². The van der Waals surface area contributed by atoms with Gasteiger partial charge < -0.3 is 10.5 Å². The fourth-order valence-corrected chi connectivity index (χ4v) is 2.10. The number of amides is 1. The lowest BCUT2D eigenvalue weighted by molar-refractivity contribution is -0.132. The molecule has 1 amide bonds. The van der Waals surface area contributed by atoms with Gasteiger partial charge in [0, 0.05) is 6.61 Å². The molecule has 0 aromatic heterocycles. The second-order valence-electron chi connectivity index (χ2n) is 4.60. The van der Waals surface area contributed by atoms with Crippen molar-refractivity contribution in [2.75, 3.05) is 6.61 Å². The van der Waals surface area contributed by atoms with Gasteiger partial charge >= 0.3 is 0 Å². The molecule has 1 atom stereocenters. The highest BCUT2D eigenvalue weighted by atomic mass is 16.5. The highest BCUT2D eigenvalue weighted by Crippen LogP contribution is 2.11. The summed E-state index contributed by atoms with van der Waals surface area (Å²) < 4.78 is 5.06. The molecule has 19 heavy (non-hydrogen) atoms. The zero-order valence-corrected chi connectivity index (χ0v) is 10.9. The Morgan fingerprint density at radius 1 is 1.00 bits per heavy atom. The topological polar surface area (TPSA) is 52.3 Å². The normalized spacial score (nSPS) is 18.4. The molecule has 0 saturated carbocycles. The van der Waals surface area contributed by atoms with E-state index >= 15 is 0 Å². The highest BCUT2D eigenvalue weighted by molar-refractivity contribution is 5.82. The molecule has 3 nitrogen and oxygen atoms in total. The number of carbonyl (C=O) groups is 1. The third kappa shape index (κ3) is 4.07. The van der Waals surface area contributed by atoms with Crippen molar-refractivity contribution in [3.8, 4) is 0 Å². The van der Waals surface area contributed by atoms with Crippen LogP contribution >= 0.6 is 0 Å². The van der Waals surface area contributed by atoms with Gasteiger partial charge in [-0.3, -0.25) is 4.79 Å². The molecule has 1 saturated heterocycles. The minimum absolute atomic E-state index is 0.307. The van der Waals surface area contributed by atoms with Crippen molar-refractivity contribution < 1.29 is 9.53 Å². The summed E-state index contributed by atoms with van der Waals surface area (Å²) in [7, 11) is 0. The maximum atomic E-state index is 10.5. The first-order valence-corrected chi connectivity index (χ1v) is 6.62. The summed E-state index contributed by atoms with van der Waals surface area (Å²) in [6.07, 6.45) is 2.62. The quantitative estimate of drug-likeness (QED) is 0.854. The van der Waals surface area contributed by atoms with E-state index in [2.05, 4.69) is 48.5 Å². The second kappa shape index (κ2) is 6.90. The van der Waals surface area contributed by atoms with Crippen LogP contribution in [-0.2, 0) is 9.53 Å². The van der Waals surface area contributed by atoms with Crippen molar-refractivity contribution in [1.82, 2.24) is 0 Å². The second-order valence-corrected chi connectivity index (χ2v) is 4.60. The zero-order valence-electron chi connectivity index (χ0n) is 10.9. The lowest BCUT2D eigenvalue weighted by atomic mass is 10.1. The molecule has 0 aliphatic carbocycles. The summed E-state index contributed by atoms with van der Waals surface area (Å²) in [6.45, 7) is 0.688. The number of ether oxygens (including phenoxy) is 1. The lowest BCUT2D eigenvalue weighted by Crippen LogP contribution is -2.33. The molecule has 2 aromatic carbocycles. The Kier molecular flexibility index (Phi) is 4.93. The van der Waals surface area contributed by atoms with Crippen LogP contribution in [0, 0.1) is 0 Å². The molecular weight excluding hydrogens is 238 g/mol. The number of fused-ring (bicyclic) bond motifs is 1. The van der Waals surface area contributed by atoms with E-state index in [-0.39, 0.29) is 12.0 Å². The number of benzene rings is 2. The first-order valence-electron chi connectivity index (χ1n) is 6.62. The third-order valence-corrected chi connectivity index (χ3v) is 3.16. The van der Waals surface area contributed by atoms with E-state index in [0.29, 0.717) is 6.61 Å². The Labute approximate surface area is 113 Å². The molecule has 1 aliphatic heterocycles. The molecule has 2 aromatic rings. The van der Waals surface area contributed by atoms with Gasteiger partial charge in [0.15, 0.2) is 0 Å². The first-order chi connectivity index (χ1) is 9.27. The molecular formula is C16H19NO2. The number of nitrogens with two attached hydrogens (primary N) is 1. The minimum atomic E-state index is -0.324. The molecule has 1 heterocycles. The maximum absolute atomic E-state index is 10.5. The number of hydrogen-bond donors (Lipinski definition) is 1. The summed E-state index contributed by atoms with van der Waals surface area (Å²) in [5.74, 6) is -0.324. The van der Waals surface area contributed by atoms with E-state index < -0.39 is 0 Å². The standard InChI is InChI=1S/C10H8.C6H11NO2/c1-2-6-10-8-4-3-7-9(10)5-1;7-6(8)5-3-1-2-4-9-5/h1-8H;5H,1-4H2,(H2,7,8). The smallest absolute Gasteiger partial charge is 0.246 e. The van der Waals surface area contributed by atoms with Gasteiger partial charge in [-0.15, -0.1) is 0 Å². The van der Waals surface area contributed by atoms with Gasteiger partial charge in [0.05, 0.1) is 0 Å². The first kappa shape index (κ1) is 13.6. The van der Waals surface area contributed by atoms with E-state index in [1.165, 1.54) is 10.8 Å². The van der Waals surface area contributed by atoms with E-state index in [0.717, 1.165) is 19.3 Å². The largest absolute Gasteiger partial charge is 0.368 e. The average Bonchev–Trinajstić information content (AvgIpc) is 2.49. The number of primary amides is 1. The molecule has 100 valence electrons. The minimum Gasteiger partial charge on any atom is -0.368 e. The van der Waals surface area contributed by atoms with Crippen molar-refractivity contribution in [2.24, 2.45) is 5.73 Å². The molecule has 1 aliphatic rings. The number of carbonyl (C=O) groups excluding carboxylic acids is 1. The van der Waals surface area contributed by atoms with Crippen LogP contribution in [0.4, 0.5) is 0 Å². The predicted molar refractivity (Wildman–Crippen MR) is 76.7 cm³/mol. The van der Waals surface area contributed by atoms with Crippen molar-refractivity contribution in [1.29, 1.82) is 0 Å². The summed E-state index contributed by atoms with van der Waals surface area (Å²) in [5.41, 5.74) is 5.00. The van der Waals surface area contributed by atoms with Crippen LogP contribution in [0.25, 0.3) is 10.8 Å². The zero-order chi connectivity index (χ0) is 13.5. The third-order valence-electron chi connectivity index (χ3n) is 3.16. The fraction of sp³-hybridized carbons (Fsp3) is 0.312. The lowest BCUT2D eigenvalue weighted by Gasteiger charge is -2.18. The summed E-state index contributed by atoms with van der Waals surface area (Å²) in [5, 5.41) is 2.62. The van der Waals surface area contributed by atoms with Gasteiger partial charge in [0.25, 0.3) is 0 Å². The van der Waals surface area contributed by atoms with Crippen LogP contribution < -0.4 is 5.73 Å². The van der Waals surface area contributed by atoms with Gasteiger partial charge in [0.2, 0.25) is 5.91 Å². The van der Waals surface area contributed by atoms with Gasteiger partial charge in [-0.05, 0) is 30.0 Å². The molecule has 2 N–H and O–H groups in total. The Morgan fingerprint density at radius 2 is 1.53 bits per heavy atom. The van der Waals surface area contributed by atoms with Crippen LogP contribution in [0.15, 0.2) is 48.5 Å². The maximum Gasteiger partial charge on any atom is 0.246 e. The van der Waals surface area contributed by atoms with Gasteiger partial charge in [-0.2, -0.15) is 0 Å². The van der Waals surface area contributed by atoms with Crippen LogP contribution in [0.3, 0.4) is 0 Å². The summed E-state index contributed by atoms with van der Waals surface area (Å²) in [6, 6.07) is 16.7. The number of rotatable bonds is 1. The van der Waals surface area contributed by atoms with Crippen LogP contribution in [0.5, 0.6) is 0 Å². The fourth-order valence-electron chi connectivity index (χ4n) is 2.10. The van der Waals surface area contributed by atoms with Gasteiger partial charge in [-0.25, -0.2) is 0 Å². The highest BCUT2D eigenvalue weighted by Gasteiger charge is 2.18. The van der Waals surface area contributed by atoms with Crippen LogP contribution in [0.2, 0.25) is 0 Å². The van der Waals surface area contributed by atoms with Crippen molar-refractivity contribution in [3.63, 3.8) is 0 Å². The van der Waals surface area contributed by atoms with E-state index in [1.54, 1.807) is 0 Å². The Balaban J connectivity index is 0.000000141.